The summed E-state index contributed by atoms with van der Waals surface area (Å²) in [7, 11) is 6.69. The number of para-hydroxylation sites is 1. The van der Waals surface area contributed by atoms with Crippen molar-refractivity contribution in [1.29, 1.82) is 0 Å². The molecule has 1 amide bonds. The van der Waals surface area contributed by atoms with Crippen LogP contribution >= 0.6 is 0 Å². The number of nitrogens with one attached hydrogen (secondary N) is 1. The highest BCUT2D eigenvalue weighted by Crippen LogP contribution is 2.57. The van der Waals surface area contributed by atoms with Gasteiger partial charge in [-0.05, 0) is 41.3 Å². The monoisotopic (exact) mass is 444 g/mol. The van der Waals surface area contributed by atoms with Gasteiger partial charge in [0.15, 0.2) is 11.5 Å². The van der Waals surface area contributed by atoms with E-state index in [0.29, 0.717) is 23.7 Å². The van der Waals surface area contributed by atoms with Gasteiger partial charge in [0, 0.05) is 18.8 Å². The zero-order valence-electron chi connectivity index (χ0n) is 19.3. The van der Waals surface area contributed by atoms with Crippen molar-refractivity contribution in [1.82, 2.24) is 5.32 Å². The summed E-state index contributed by atoms with van der Waals surface area (Å²) in [6.07, 6.45) is 0.616. The SMILES string of the molecule is COc1cc([C@H]2C[C@@]3(C(=O)N(C)c4ccccc43)[C@@H](c3ccccc3)N2)cc(OC)c1OC. The third-order valence-electron chi connectivity index (χ3n) is 7.04. The molecular weight excluding hydrogens is 416 g/mol. The van der Waals surface area contributed by atoms with Crippen molar-refractivity contribution in [2.24, 2.45) is 0 Å². The van der Waals surface area contributed by atoms with E-state index in [9.17, 15) is 4.79 Å². The molecule has 6 heteroatoms. The molecule has 170 valence electrons. The molecular formula is C27H28N2O4. The topological polar surface area (TPSA) is 60.0 Å². The third kappa shape index (κ3) is 3.09. The van der Waals surface area contributed by atoms with Crippen molar-refractivity contribution in [3.05, 3.63) is 83.4 Å². The predicted molar refractivity (Wildman–Crippen MR) is 127 cm³/mol. The minimum Gasteiger partial charge on any atom is -0.493 e. The van der Waals surface area contributed by atoms with E-state index in [2.05, 4.69) is 23.5 Å². The second-order valence-electron chi connectivity index (χ2n) is 8.58. The van der Waals surface area contributed by atoms with E-state index in [4.69, 9.17) is 14.2 Å². The lowest BCUT2D eigenvalue weighted by Gasteiger charge is -2.30. The Bertz CT molecular complexity index is 1170. The molecule has 2 heterocycles. The minimum absolute atomic E-state index is 0.0904. The Hall–Kier alpha value is -3.51. The standard InChI is InChI=1S/C27H28N2O4/c1-29-21-13-9-8-12-19(21)27(26(29)30)16-20(28-25(27)17-10-6-5-7-11-17)18-14-22(31-2)24(33-4)23(15-18)32-3/h5-15,20,25,28H,16H2,1-4H3/t20-,25-,27+/m1/s1. The van der Waals surface area contributed by atoms with Gasteiger partial charge in [0.05, 0.1) is 32.8 Å². The Labute approximate surface area is 194 Å². The maximum absolute atomic E-state index is 13.9. The fourth-order valence-electron chi connectivity index (χ4n) is 5.53. The zero-order chi connectivity index (χ0) is 23.2. The van der Waals surface area contributed by atoms with Crippen molar-refractivity contribution >= 4 is 11.6 Å². The number of likely N-dealkylation sites (N-methyl/N-ethyl adjacent to an activating group) is 1. The molecule has 1 fully saturated rings. The van der Waals surface area contributed by atoms with Gasteiger partial charge in [-0.15, -0.1) is 0 Å². The smallest absolute Gasteiger partial charge is 0.239 e. The molecule has 2 aliphatic heterocycles. The van der Waals surface area contributed by atoms with E-state index in [1.165, 1.54) is 0 Å². The summed E-state index contributed by atoms with van der Waals surface area (Å²) in [5, 5.41) is 3.79. The summed E-state index contributed by atoms with van der Waals surface area (Å²) < 4.78 is 16.7. The normalized spacial score (nSPS) is 23.6. The molecule has 1 saturated heterocycles. The van der Waals surface area contributed by atoms with E-state index in [-0.39, 0.29) is 18.0 Å². The first-order chi connectivity index (χ1) is 16.0. The lowest BCUT2D eigenvalue weighted by Crippen LogP contribution is -2.42. The van der Waals surface area contributed by atoms with Crippen LogP contribution in [0.5, 0.6) is 17.2 Å². The van der Waals surface area contributed by atoms with Crippen LogP contribution in [0.1, 0.15) is 35.2 Å². The summed E-state index contributed by atoms with van der Waals surface area (Å²) in [6.45, 7) is 0. The number of hydrogen-bond acceptors (Lipinski definition) is 5. The molecule has 0 radical (unpaired) electrons. The minimum atomic E-state index is -0.711. The number of carbonyl (C=O) groups excluding carboxylic acids is 1. The Kier molecular flexibility index (Phi) is 5.25. The number of rotatable bonds is 5. The van der Waals surface area contributed by atoms with Crippen molar-refractivity contribution < 1.29 is 19.0 Å². The Morgan fingerprint density at radius 1 is 0.879 bits per heavy atom. The molecule has 0 unspecified atom stereocenters. The van der Waals surface area contributed by atoms with Crippen LogP contribution in [-0.4, -0.2) is 34.3 Å². The highest BCUT2D eigenvalue weighted by atomic mass is 16.5. The van der Waals surface area contributed by atoms with Crippen molar-refractivity contribution in [2.75, 3.05) is 33.3 Å². The second-order valence-corrected chi connectivity index (χ2v) is 8.58. The fourth-order valence-corrected chi connectivity index (χ4v) is 5.53. The predicted octanol–water partition coefficient (Wildman–Crippen LogP) is 4.40. The number of hydrogen-bond donors (Lipinski definition) is 1. The molecule has 1 N–H and O–H groups in total. The van der Waals surface area contributed by atoms with Crippen LogP contribution in [0, 0.1) is 0 Å². The molecule has 0 bridgehead atoms. The molecule has 3 atom stereocenters. The first-order valence-corrected chi connectivity index (χ1v) is 11.0. The van der Waals surface area contributed by atoms with Gasteiger partial charge in [0.2, 0.25) is 11.7 Å². The van der Waals surface area contributed by atoms with E-state index in [1.807, 2.05) is 55.6 Å². The Morgan fingerprint density at radius 2 is 1.52 bits per heavy atom. The number of nitrogens with zero attached hydrogens (tertiary/aromatic N) is 1. The van der Waals surface area contributed by atoms with Crippen LogP contribution in [0.15, 0.2) is 66.7 Å². The van der Waals surface area contributed by atoms with Crippen LogP contribution in [-0.2, 0) is 10.2 Å². The first kappa shape index (κ1) is 21.3. The lowest BCUT2D eigenvalue weighted by molar-refractivity contribution is -0.123. The summed E-state index contributed by atoms with van der Waals surface area (Å²) in [4.78, 5) is 15.7. The second kappa shape index (κ2) is 8.12. The van der Waals surface area contributed by atoms with Crippen molar-refractivity contribution in [3.63, 3.8) is 0 Å². The molecule has 3 aromatic carbocycles. The average molecular weight is 445 g/mol. The number of amides is 1. The van der Waals surface area contributed by atoms with Gasteiger partial charge < -0.3 is 24.4 Å². The number of methoxy groups -OCH3 is 3. The van der Waals surface area contributed by atoms with Crippen LogP contribution in [0.3, 0.4) is 0 Å². The van der Waals surface area contributed by atoms with E-state index in [1.54, 1.807) is 26.2 Å². The van der Waals surface area contributed by atoms with Gasteiger partial charge in [0.1, 0.15) is 0 Å². The molecule has 6 nitrogen and oxygen atoms in total. The molecule has 5 rings (SSSR count). The van der Waals surface area contributed by atoms with Crippen LogP contribution < -0.4 is 24.4 Å². The number of fused-ring (bicyclic) bond motifs is 2. The van der Waals surface area contributed by atoms with Crippen LogP contribution in [0.25, 0.3) is 0 Å². The highest BCUT2D eigenvalue weighted by Gasteiger charge is 2.60. The van der Waals surface area contributed by atoms with E-state index >= 15 is 0 Å². The molecule has 0 aliphatic carbocycles. The molecule has 3 aromatic rings. The zero-order valence-corrected chi connectivity index (χ0v) is 19.3. The summed E-state index contributed by atoms with van der Waals surface area (Å²) >= 11 is 0. The van der Waals surface area contributed by atoms with E-state index < -0.39 is 5.41 Å². The highest BCUT2D eigenvalue weighted by molar-refractivity contribution is 6.08. The van der Waals surface area contributed by atoms with Crippen molar-refractivity contribution in [2.45, 2.75) is 23.9 Å². The van der Waals surface area contributed by atoms with Gasteiger partial charge in [-0.25, -0.2) is 0 Å². The molecule has 2 aliphatic rings. The fraction of sp³-hybridized carbons (Fsp3) is 0.296. The maximum atomic E-state index is 13.9. The van der Waals surface area contributed by atoms with Gasteiger partial charge in [-0.1, -0.05) is 48.5 Å². The maximum Gasteiger partial charge on any atom is 0.239 e. The Morgan fingerprint density at radius 3 is 2.15 bits per heavy atom. The van der Waals surface area contributed by atoms with Crippen molar-refractivity contribution in [3.8, 4) is 17.2 Å². The molecule has 33 heavy (non-hydrogen) atoms. The average Bonchev–Trinajstić information content (AvgIpc) is 3.37. The first-order valence-electron chi connectivity index (χ1n) is 11.0. The van der Waals surface area contributed by atoms with Crippen LogP contribution in [0.4, 0.5) is 5.69 Å². The third-order valence-corrected chi connectivity index (χ3v) is 7.04. The number of anilines is 1. The summed E-state index contributed by atoms with van der Waals surface area (Å²) in [5.41, 5.74) is 3.40. The van der Waals surface area contributed by atoms with Gasteiger partial charge in [0.25, 0.3) is 0 Å². The van der Waals surface area contributed by atoms with Gasteiger partial charge >= 0.3 is 0 Å². The van der Waals surface area contributed by atoms with Gasteiger partial charge in [-0.2, -0.15) is 0 Å². The lowest BCUT2D eigenvalue weighted by atomic mass is 9.72. The summed E-state index contributed by atoms with van der Waals surface area (Å²) in [5.74, 6) is 1.86. The number of ether oxygens (including phenoxy) is 3. The molecule has 1 spiro atoms. The number of benzene rings is 3. The summed E-state index contributed by atoms with van der Waals surface area (Å²) in [6, 6.07) is 22.0. The number of carbonyl (C=O) groups is 1. The van der Waals surface area contributed by atoms with Crippen LogP contribution in [0.2, 0.25) is 0 Å². The molecule has 0 aromatic heterocycles. The van der Waals surface area contributed by atoms with Gasteiger partial charge in [-0.3, -0.25) is 4.79 Å². The molecule has 0 saturated carbocycles. The largest absolute Gasteiger partial charge is 0.493 e. The van der Waals surface area contributed by atoms with E-state index in [0.717, 1.165) is 22.4 Å². The Balaban J connectivity index is 1.67. The quantitative estimate of drug-likeness (QED) is 0.632.